The molecule has 0 saturated carbocycles. The molecule has 2 rings (SSSR count). The van der Waals surface area contributed by atoms with Gasteiger partial charge in [-0.25, -0.2) is 4.79 Å². The third kappa shape index (κ3) is 3.63. The maximum absolute atomic E-state index is 11.0. The summed E-state index contributed by atoms with van der Waals surface area (Å²) in [6.07, 6.45) is -0.331. The van der Waals surface area contributed by atoms with Gasteiger partial charge >= 0.3 is 6.09 Å². The number of nitrogens with one attached hydrogen (secondary N) is 2. The fraction of sp³-hybridized carbons (Fsp3) is 0.533. The van der Waals surface area contributed by atoms with Crippen LogP contribution in [-0.2, 0) is 4.74 Å². The minimum absolute atomic E-state index is 0.0435. The molecule has 0 aromatic heterocycles. The van der Waals surface area contributed by atoms with E-state index in [2.05, 4.69) is 36.6 Å². The van der Waals surface area contributed by atoms with Crippen molar-refractivity contribution in [2.75, 3.05) is 20.3 Å². The Hall–Kier alpha value is -1.75. The number of rotatable bonds is 6. The summed E-state index contributed by atoms with van der Waals surface area (Å²) in [4.78, 5) is 11.0. The smallest absolute Gasteiger partial charge is 0.407 e. The molecule has 1 amide bonds. The fourth-order valence-corrected chi connectivity index (χ4v) is 2.36. The largest absolute Gasteiger partial charge is 0.497 e. The second-order valence-corrected chi connectivity index (χ2v) is 5.34. The predicted octanol–water partition coefficient (Wildman–Crippen LogP) is 2.09. The van der Waals surface area contributed by atoms with Crippen LogP contribution in [0.5, 0.6) is 5.75 Å². The highest BCUT2D eigenvalue weighted by Crippen LogP contribution is 2.23. The van der Waals surface area contributed by atoms with Gasteiger partial charge in [-0.1, -0.05) is 26.0 Å². The van der Waals surface area contributed by atoms with Gasteiger partial charge in [0.1, 0.15) is 12.4 Å². The van der Waals surface area contributed by atoms with Gasteiger partial charge in [0, 0.05) is 12.6 Å². The van der Waals surface area contributed by atoms with Crippen LogP contribution in [0.1, 0.15) is 25.5 Å². The Morgan fingerprint density at radius 1 is 1.40 bits per heavy atom. The fourth-order valence-electron chi connectivity index (χ4n) is 2.36. The minimum atomic E-state index is -0.331. The molecule has 1 saturated heterocycles. The zero-order chi connectivity index (χ0) is 14.5. The summed E-state index contributed by atoms with van der Waals surface area (Å²) in [5.41, 5.74) is 1.21. The summed E-state index contributed by atoms with van der Waals surface area (Å²) >= 11 is 0. The van der Waals surface area contributed by atoms with Crippen molar-refractivity contribution in [2.45, 2.75) is 25.9 Å². The van der Waals surface area contributed by atoms with Crippen molar-refractivity contribution >= 4 is 6.09 Å². The summed E-state index contributed by atoms with van der Waals surface area (Å²) in [5.74, 6) is 1.30. The van der Waals surface area contributed by atoms with Gasteiger partial charge in [-0.05, 0) is 23.6 Å². The number of hydrogen-bond acceptors (Lipinski definition) is 4. The first-order valence-corrected chi connectivity index (χ1v) is 6.90. The standard InChI is InChI=1S/C15H22N2O3/c1-10(2)14(11-4-6-13(19-3)7-5-11)16-8-12-9-20-15(18)17-12/h4-7,10,12,14,16H,8-9H2,1-3H3,(H,17,18). The van der Waals surface area contributed by atoms with Crippen molar-refractivity contribution in [2.24, 2.45) is 5.92 Å². The number of amides is 1. The van der Waals surface area contributed by atoms with Gasteiger partial charge in [0.25, 0.3) is 0 Å². The maximum Gasteiger partial charge on any atom is 0.407 e. The monoisotopic (exact) mass is 278 g/mol. The molecule has 1 fully saturated rings. The molecule has 5 nitrogen and oxygen atoms in total. The maximum atomic E-state index is 11.0. The van der Waals surface area contributed by atoms with Crippen LogP contribution in [0, 0.1) is 5.92 Å². The van der Waals surface area contributed by atoms with Gasteiger partial charge in [-0.15, -0.1) is 0 Å². The first kappa shape index (κ1) is 14.7. The second-order valence-electron chi connectivity index (χ2n) is 5.34. The van der Waals surface area contributed by atoms with E-state index in [1.54, 1.807) is 7.11 Å². The van der Waals surface area contributed by atoms with Crippen LogP contribution < -0.4 is 15.4 Å². The van der Waals surface area contributed by atoms with Gasteiger partial charge < -0.3 is 20.1 Å². The SMILES string of the molecule is COc1ccc(C(NCC2COC(=O)N2)C(C)C)cc1. The zero-order valence-electron chi connectivity index (χ0n) is 12.2. The Labute approximate surface area is 119 Å². The van der Waals surface area contributed by atoms with Crippen LogP contribution in [0.4, 0.5) is 4.79 Å². The molecular formula is C15H22N2O3. The predicted molar refractivity (Wildman–Crippen MR) is 76.8 cm³/mol. The molecule has 2 unspecified atom stereocenters. The summed E-state index contributed by atoms with van der Waals surface area (Å²) in [7, 11) is 1.66. The van der Waals surface area contributed by atoms with E-state index in [-0.39, 0.29) is 18.2 Å². The summed E-state index contributed by atoms with van der Waals surface area (Å²) in [6, 6.07) is 8.35. The first-order valence-electron chi connectivity index (χ1n) is 6.90. The molecule has 2 N–H and O–H groups in total. The average Bonchev–Trinajstić information content (AvgIpc) is 2.85. The lowest BCUT2D eigenvalue weighted by Gasteiger charge is -2.24. The molecule has 1 heterocycles. The van der Waals surface area contributed by atoms with Crippen LogP contribution >= 0.6 is 0 Å². The Bertz CT molecular complexity index is 445. The molecule has 1 aliphatic rings. The van der Waals surface area contributed by atoms with Crippen LogP contribution in [0.3, 0.4) is 0 Å². The first-order chi connectivity index (χ1) is 9.60. The summed E-state index contributed by atoms with van der Waals surface area (Å²) < 4.78 is 10.1. The van der Waals surface area contributed by atoms with E-state index < -0.39 is 0 Å². The average molecular weight is 278 g/mol. The number of benzene rings is 1. The van der Waals surface area contributed by atoms with Crippen molar-refractivity contribution < 1.29 is 14.3 Å². The van der Waals surface area contributed by atoms with Crippen LogP contribution in [0.25, 0.3) is 0 Å². The summed E-state index contributed by atoms with van der Waals surface area (Å²) in [5, 5.41) is 6.27. The van der Waals surface area contributed by atoms with Crippen molar-refractivity contribution in [3.63, 3.8) is 0 Å². The van der Waals surface area contributed by atoms with Crippen molar-refractivity contribution in [3.05, 3.63) is 29.8 Å². The highest BCUT2D eigenvalue weighted by Gasteiger charge is 2.24. The van der Waals surface area contributed by atoms with Crippen LogP contribution in [-0.4, -0.2) is 32.4 Å². The zero-order valence-corrected chi connectivity index (χ0v) is 12.2. The summed E-state index contributed by atoms with van der Waals surface area (Å²) in [6.45, 7) is 5.47. The van der Waals surface area contributed by atoms with Gasteiger partial charge in [0.2, 0.25) is 0 Å². The van der Waals surface area contributed by atoms with Crippen molar-refractivity contribution in [1.82, 2.24) is 10.6 Å². The molecule has 0 spiro atoms. The Morgan fingerprint density at radius 2 is 2.10 bits per heavy atom. The van der Waals surface area contributed by atoms with Crippen molar-refractivity contribution in [1.29, 1.82) is 0 Å². The Kier molecular flexibility index (Phi) is 4.84. The lowest BCUT2D eigenvalue weighted by atomic mass is 9.95. The lowest BCUT2D eigenvalue weighted by Crippen LogP contribution is -2.39. The van der Waals surface area contributed by atoms with Gasteiger partial charge in [-0.2, -0.15) is 0 Å². The van der Waals surface area contributed by atoms with E-state index in [9.17, 15) is 4.79 Å². The van der Waals surface area contributed by atoms with E-state index in [1.165, 1.54) is 5.56 Å². The quantitative estimate of drug-likeness (QED) is 0.836. The number of ether oxygens (including phenoxy) is 2. The minimum Gasteiger partial charge on any atom is -0.497 e. The number of carbonyl (C=O) groups excluding carboxylic acids is 1. The number of methoxy groups -OCH3 is 1. The second kappa shape index (κ2) is 6.61. The number of hydrogen-bond donors (Lipinski definition) is 2. The van der Waals surface area contributed by atoms with Crippen LogP contribution in [0.2, 0.25) is 0 Å². The van der Waals surface area contributed by atoms with Gasteiger partial charge in [0.05, 0.1) is 13.2 Å². The molecule has 1 aliphatic heterocycles. The third-order valence-electron chi connectivity index (χ3n) is 3.46. The third-order valence-corrected chi connectivity index (χ3v) is 3.46. The molecule has 1 aromatic rings. The van der Waals surface area contributed by atoms with E-state index in [0.29, 0.717) is 19.1 Å². The van der Waals surface area contributed by atoms with E-state index in [0.717, 1.165) is 5.75 Å². The van der Waals surface area contributed by atoms with Crippen molar-refractivity contribution in [3.8, 4) is 5.75 Å². The normalized spacial score (nSPS) is 19.6. The van der Waals surface area contributed by atoms with Gasteiger partial charge in [0.15, 0.2) is 0 Å². The number of cyclic esters (lactones) is 1. The molecule has 0 bridgehead atoms. The Morgan fingerprint density at radius 3 is 2.60 bits per heavy atom. The van der Waals surface area contributed by atoms with E-state index >= 15 is 0 Å². The van der Waals surface area contributed by atoms with E-state index in [1.807, 2.05) is 12.1 Å². The molecule has 5 heteroatoms. The molecule has 1 aromatic carbocycles. The van der Waals surface area contributed by atoms with Gasteiger partial charge in [-0.3, -0.25) is 0 Å². The topological polar surface area (TPSA) is 59.6 Å². The molecule has 2 atom stereocenters. The molecule has 110 valence electrons. The van der Waals surface area contributed by atoms with E-state index in [4.69, 9.17) is 9.47 Å². The molecule has 20 heavy (non-hydrogen) atoms. The van der Waals surface area contributed by atoms with Crippen LogP contribution in [0.15, 0.2) is 24.3 Å². The number of alkyl carbamates (subject to hydrolysis) is 1. The lowest BCUT2D eigenvalue weighted by molar-refractivity contribution is 0.176. The molecular weight excluding hydrogens is 256 g/mol. The molecule has 0 radical (unpaired) electrons. The highest BCUT2D eigenvalue weighted by molar-refractivity contribution is 5.69. The molecule has 0 aliphatic carbocycles. The Balaban J connectivity index is 1.97. The number of carbonyl (C=O) groups is 1. The highest BCUT2D eigenvalue weighted by atomic mass is 16.6.